The molecule has 0 bridgehead atoms. The van der Waals surface area contributed by atoms with Crippen molar-refractivity contribution in [1.82, 2.24) is 10.2 Å². The van der Waals surface area contributed by atoms with Crippen LogP contribution in [-0.2, 0) is 4.74 Å². The van der Waals surface area contributed by atoms with Crippen molar-refractivity contribution in [3.8, 4) is 0 Å². The third-order valence-corrected chi connectivity index (χ3v) is 3.59. The SMILES string of the molecule is CSCCN(C)CCCOC1CCNCC1. The number of thioether (sulfide) groups is 1. The molecular formula is C12H26N2OS. The zero-order valence-electron chi connectivity index (χ0n) is 10.7. The highest BCUT2D eigenvalue weighted by Gasteiger charge is 2.12. The Bertz CT molecular complexity index is 163. The van der Waals surface area contributed by atoms with E-state index in [2.05, 4.69) is 23.5 Å². The van der Waals surface area contributed by atoms with Crippen LogP contribution in [0.1, 0.15) is 19.3 Å². The van der Waals surface area contributed by atoms with Gasteiger partial charge in [0.2, 0.25) is 0 Å². The molecular weight excluding hydrogens is 220 g/mol. The van der Waals surface area contributed by atoms with Crippen LogP contribution in [-0.4, -0.2) is 62.8 Å². The second-order valence-corrected chi connectivity index (χ2v) is 5.46. The summed E-state index contributed by atoms with van der Waals surface area (Å²) in [5.74, 6) is 1.23. The average molecular weight is 246 g/mol. The Labute approximate surface area is 104 Å². The smallest absolute Gasteiger partial charge is 0.0599 e. The Hall–Kier alpha value is 0.230. The highest BCUT2D eigenvalue weighted by atomic mass is 32.2. The monoisotopic (exact) mass is 246 g/mol. The largest absolute Gasteiger partial charge is 0.378 e. The molecule has 1 saturated heterocycles. The summed E-state index contributed by atoms with van der Waals surface area (Å²) in [4.78, 5) is 2.39. The van der Waals surface area contributed by atoms with Crippen molar-refractivity contribution in [2.45, 2.75) is 25.4 Å². The van der Waals surface area contributed by atoms with E-state index in [-0.39, 0.29) is 0 Å². The number of nitrogens with zero attached hydrogens (tertiary/aromatic N) is 1. The Morgan fingerprint density at radius 2 is 2.06 bits per heavy atom. The van der Waals surface area contributed by atoms with Crippen molar-refractivity contribution in [2.24, 2.45) is 0 Å². The van der Waals surface area contributed by atoms with Crippen molar-refractivity contribution >= 4 is 11.8 Å². The number of ether oxygens (including phenoxy) is 1. The lowest BCUT2D eigenvalue weighted by molar-refractivity contribution is 0.0288. The number of rotatable bonds is 8. The van der Waals surface area contributed by atoms with E-state index in [1.807, 2.05) is 11.8 Å². The highest BCUT2D eigenvalue weighted by molar-refractivity contribution is 7.98. The summed E-state index contributed by atoms with van der Waals surface area (Å²) in [7, 11) is 2.20. The van der Waals surface area contributed by atoms with Gasteiger partial charge in [0.05, 0.1) is 6.10 Å². The van der Waals surface area contributed by atoms with Gasteiger partial charge in [-0.05, 0) is 45.7 Å². The van der Waals surface area contributed by atoms with Gasteiger partial charge in [-0.15, -0.1) is 0 Å². The Balaban J connectivity index is 1.90. The number of hydrogen-bond acceptors (Lipinski definition) is 4. The molecule has 0 atom stereocenters. The molecule has 1 fully saturated rings. The van der Waals surface area contributed by atoms with E-state index in [0.717, 1.165) is 32.7 Å². The lowest BCUT2D eigenvalue weighted by atomic mass is 10.1. The topological polar surface area (TPSA) is 24.5 Å². The zero-order chi connectivity index (χ0) is 11.6. The summed E-state index contributed by atoms with van der Waals surface area (Å²) >= 11 is 1.91. The summed E-state index contributed by atoms with van der Waals surface area (Å²) < 4.78 is 5.87. The Kier molecular flexibility index (Phi) is 8.29. The van der Waals surface area contributed by atoms with Gasteiger partial charge in [0, 0.05) is 25.4 Å². The first kappa shape index (κ1) is 14.3. The standard InChI is InChI=1S/C12H26N2OS/c1-14(9-11-16-2)8-3-10-15-12-4-6-13-7-5-12/h12-13H,3-11H2,1-2H3. The minimum atomic E-state index is 0.512. The lowest BCUT2D eigenvalue weighted by Crippen LogP contribution is -2.33. The summed E-state index contributed by atoms with van der Waals surface area (Å²) in [5.41, 5.74) is 0. The zero-order valence-corrected chi connectivity index (χ0v) is 11.5. The Morgan fingerprint density at radius 1 is 1.31 bits per heavy atom. The van der Waals surface area contributed by atoms with Crippen molar-refractivity contribution in [1.29, 1.82) is 0 Å². The third kappa shape index (κ3) is 6.74. The van der Waals surface area contributed by atoms with Gasteiger partial charge in [-0.25, -0.2) is 0 Å². The van der Waals surface area contributed by atoms with E-state index in [0.29, 0.717) is 6.10 Å². The minimum Gasteiger partial charge on any atom is -0.378 e. The van der Waals surface area contributed by atoms with Crippen molar-refractivity contribution in [3.63, 3.8) is 0 Å². The molecule has 4 heteroatoms. The fraction of sp³-hybridized carbons (Fsp3) is 1.00. The van der Waals surface area contributed by atoms with Crippen LogP contribution in [0.2, 0.25) is 0 Å². The molecule has 3 nitrogen and oxygen atoms in total. The predicted molar refractivity (Wildman–Crippen MR) is 72.3 cm³/mol. The predicted octanol–water partition coefficient (Wildman–Crippen LogP) is 1.44. The van der Waals surface area contributed by atoms with Crippen LogP contribution in [0, 0.1) is 0 Å². The fourth-order valence-electron chi connectivity index (χ4n) is 1.91. The van der Waals surface area contributed by atoms with Gasteiger partial charge in [-0.1, -0.05) is 0 Å². The second-order valence-electron chi connectivity index (χ2n) is 4.47. The molecule has 1 N–H and O–H groups in total. The van der Waals surface area contributed by atoms with Crippen LogP contribution in [0.15, 0.2) is 0 Å². The van der Waals surface area contributed by atoms with E-state index in [1.165, 1.54) is 25.1 Å². The molecule has 96 valence electrons. The fourth-order valence-corrected chi connectivity index (χ4v) is 2.40. The lowest BCUT2D eigenvalue weighted by Gasteiger charge is -2.23. The Morgan fingerprint density at radius 3 is 2.75 bits per heavy atom. The van der Waals surface area contributed by atoms with Crippen LogP contribution in [0.4, 0.5) is 0 Å². The number of nitrogens with one attached hydrogen (secondary N) is 1. The van der Waals surface area contributed by atoms with Crippen molar-refractivity contribution in [2.75, 3.05) is 51.8 Å². The molecule has 1 rings (SSSR count). The maximum atomic E-state index is 5.87. The van der Waals surface area contributed by atoms with Gasteiger partial charge >= 0.3 is 0 Å². The minimum absolute atomic E-state index is 0.512. The van der Waals surface area contributed by atoms with Gasteiger partial charge in [0.1, 0.15) is 0 Å². The quantitative estimate of drug-likeness (QED) is 0.655. The summed E-state index contributed by atoms with van der Waals surface area (Å²) in [6, 6.07) is 0. The highest BCUT2D eigenvalue weighted by Crippen LogP contribution is 2.07. The molecule has 0 unspecified atom stereocenters. The van der Waals surface area contributed by atoms with Crippen molar-refractivity contribution in [3.05, 3.63) is 0 Å². The van der Waals surface area contributed by atoms with E-state index < -0.39 is 0 Å². The van der Waals surface area contributed by atoms with Crippen LogP contribution in [0.5, 0.6) is 0 Å². The normalized spacial score (nSPS) is 18.2. The summed E-state index contributed by atoms with van der Waals surface area (Å²) in [5, 5.41) is 3.36. The van der Waals surface area contributed by atoms with Gasteiger partial charge in [0.25, 0.3) is 0 Å². The number of piperidine rings is 1. The molecule has 0 aliphatic carbocycles. The molecule has 0 spiro atoms. The average Bonchev–Trinajstić information content (AvgIpc) is 2.33. The van der Waals surface area contributed by atoms with Crippen LogP contribution in [0.25, 0.3) is 0 Å². The van der Waals surface area contributed by atoms with Gasteiger partial charge in [0.15, 0.2) is 0 Å². The molecule has 0 aromatic heterocycles. The van der Waals surface area contributed by atoms with Gasteiger partial charge < -0.3 is 15.0 Å². The maximum Gasteiger partial charge on any atom is 0.0599 e. The van der Waals surface area contributed by atoms with E-state index in [4.69, 9.17) is 4.74 Å². The molecule has 1 aliphatic rings. The van der Waals surface area contributed by atoms with Gasteiger partial charge in [-0.2, -0.15) is 11.8 Å². The molecule has 0 saturated carbocycles. The maximum absolute atomic E-state index is 5.87. The molecule has 16 heavy (non-hydrogen) atoms. The van der Waals surface area contributed by atoms with E-state index >= 15 is 0 Å². The van der Waals surface area contributed by atoms with E-state index in [9.17, 15) is 0 Å². The van der Waals surface area contributed by atoms with Crippen LogP contribution < -0.4 is 5.32 Å². The first-order chi connectivity index (χ1) is 7.83. The molecule has 0 aromatic rings. The van der Waals surface area contributed by atoms with Crippen molar-refractivity contribution < 1.29 is 4.74 Å². The molecule has 1 aliphatic heterocycles. The number of hydrogen-bond donors (Lipinski definition) is 1. The van der Waals surface area contributed by atoms with Crippen LogP contribution in [0.3, 0.4) is 0 Å². The van der Waals surface area contributed by atoms with E-state index in [1.54, 1.807) is 0 Å². The second kappa shape index (κ2) is 9.28. The first-order valence-electron chi connectivity index (χ1n) is 6.32. The molecule has 1 heterocycles. The van der Waals surface area contributed by atoms with Gasteiger partial charge in [-0.3, -0.25) is 0 Å². The molecule has 0 radical (unpaired) electrons. The third-order valence-electron chi connectivity index (χ3n) is 3.00. The van der Waals surface area contributed by atoms with Crippen LogP contribution >= 0.6 is 11.8 Å². The first-order valence-corrected chi connectivity index (χ1v) is 7.72. The molecule has 0 aromatic carbocycles. The summed E-state index contributed by atoms with van der Waals surface area (Å²) in [6.45, 7) is 5.52. The molecule has 0 amide bonds. The summed E-state index contributed by atoms with van der Waals surface area (Å²) in [6.07, 6.45) is 6.20.